The van der Waals surface area contributed by atoms with Crippen molar-refractivity contribution in [3.05, 3.63) is 121 Å². The Labute approximate surface area is 377 Å². The lowest BCUT2D eigenvalue weighted by molar-refractivity contribution is -0.403. The number of carbonyl (C=O) groups is 4. The summed E-state index contributed by atoms with van der Waals surface area (Å²) in [5.41, 5.74) is 1.78. The quantitative estimate of drug-likeness (QED) is 0.0588. The summed E-state index contributed by atoms with van der Waals surface area (Å²) in [4.78, 5) is 75.6. The van der Waals surface area contributed by atoms with E-state index in [1.54, 1.807) is 36.3 Å². The lowest BCUT2D eigenvalue weighted by atomic mass is 10.2. The van der Waals surface area contributed by atoms with E-state index in [4.69, 9.17) is 31.8 Å². The minimum Gasteiger partial charge on any atom is -0.490 e. The second-order valence-electron chi connectivity index (χ2n) is 12.4. The predicted molar refractivity (Wildman–Crippen MR) is 231 cm³/mol. The summed E-state index contributed by atoms with van der Waals surface area (Å²) in [5.74, 6) is -2.15. The lowest BCUT2D eigenvalue weighted by Gasteiger charge is -2.22. The zero-order chi connectivity index (χ0) is 47.4. The standard InChI is InChI=1S/C16H19N3O4.C10H9ClN4S.C6H6F3NO3.C6H8N2O3S/c1-2-18(16(21)22)8-9-23-14-10-15(20)19(17-11-14)12-13-6-4-3-5-7-13;11-9-2-1-8(5-13-9)6-15-3-4-16-10(15)14-7-12;7-3(6(8)9)1-4(11)10-2-5(12)13;9-5-7-2-1-3-12-6(7)4-8(10)11/h3-7,10-11H,2,8-9,12H2,1H3,(H,21,22);1-2,5H,3-4,6H2;1-2H2,(H,10,11)(H,12,13);4-5H,1-3H2. The van der Waals surface area contributed by atoms with E-state index in [9.17, 15) is 47.3 Å². The number of carbonyl (C=O) groups excluding carboxylic acids is 2. The molecule has 5 rings (SSSR count). The second-order valence-corrected chi connectivity index (χ2v) is 15.0. The number of amidine groups is 1. The van der Waals surface area contributed by atoms with Crippen LogP contribution in [0, 0.1) is 21.6 Å². The van der Waals surface area contributed by atoms with Gasteiger partial charge in [-0.25, -0.2) is 18.9 Å². The summed E-state index contributed by atoms with van der Waals surface area (Å²) in [7, 11) is 0. The van der Waals surface area contributed by atoms with Gasteiger partial charge < -0.3 is 35.0 Å². The van der Waals surface area contributed by atoms with Gasteiger partial charge in [0.15, 0.2) is 11.0 Å². The first-order valence-corrected chi connectivity index (χ1v) is 21.0. The Hall–Kier alpha value is -6.65. The summed E-state index contributed by atoms with van der Waals surface area (Å²) in [5, 5.41) is 43.1. The van der Waals surface area contributed by atoms with Gasteiger partial charge >= 0.3 is 18.1 Å². The number of amides is 3. The molecule has 2 aliphatic heterocycles. The average Bonchev–Trinajstić information content (AvgIpc) is 3.70. The van der Waals surface area contributed by atoms with Crippen LogP contribution in [0.15, 0.2) is 93.8 Å². The van der Waals surface area contributed by atoms with Crippen molar-refractivity contribution in [1.29, 1.82) is 5.26 Å². The van der Waals surface area contributed by atoms with Gasteiger partial charge in [0.25, 0.3) is 11.8 Å². The molecule has 2 aromatic heterocycles. The van der Waals surface area contributed by atoms with Crippen LogP contribution >= 0.6 is 35.1 Å². The number of nitro groups is 1. The van der Waals surface area contributed by atoms with Gasteiger partial charge in [-0.3, -0.25) is 29.3 Å². The molecule has 2 saturated heterocycles. The molecule has 26 heteroatoms. The topological polar surface area (TPSA) is 267 Å². The lowest BCUT2D eigenvalue weighted by Crippen LogP contribution is -2.33. The molecule has 3 amide bonds. The Morgan fingerprint density at radius 3 is 2.41 bits per heavy atom. The molecule has 2 aliphatic rings. The number of pyridine rings is 1. The zero-order valence-electron chi connectivity index (χ0n) is 33.9. The van der Waals surface area contributed by atoms with Gasteiger partial charge in [-0.15, -0.1) is 16.8 Å². The van der Waals surface area contributed by atoms with Crippen LogP contribution in [0.1, 0.15) is 30.9 Å². The van der Waals surface area contributed by atoms with Gasteiger partial charge in [-0.1, -0.05) is 59.8 Å². The van der Waals surface area contributed by atoms with Crippen LogP contribution in [0.3, 0.4) is 0 Å². The highest BCUT2D eigenvalue weighted by atomic mass is 35.5. The van der Waals surface area contributed by atoms with Crippen LogP contribution in [0.5, 0.6) is 5.75 Å². The number of aliphatic imine (C=N–C) groups is 1. The molecule has 0 bridgehead atoms. The molecular weight excluding hydrogens is 913 g/mol. The highest BCUT2D eigenvalue weighted by molar-refractivity contribution is 8.14. The van der Waals surface area contributed by atoms with Crippen LogP contribution in [0.4, 0.5) is 18.0 Å². The number of hydrogen-bond donors (Lipinski definition) is 3. The maximum atomic E-state index is 12.0. The molecule has 0 atom stereocenters. The molecule has 0 unspecified atom stereocenters. The van der Waals surface area contributed by atoms with E-state index in [1.165, 1.54) is 38.5 Å². The van der Waals surface area contributed by atoms with E-state index in [2.05, 4.69) is 20.0 Å². The summed E-state index contributed by atoms with van der Waals surface area (Å²) in [6, 6.07) is 14.6. The van der Waals surface area contributed by atoms with Crippen molar-refractivity contribution in [3.8, 4) is 11.9 Å². The monoisotopic (exact) mass is 954 g/mol. The number of nitriles is 1. The largest absolute Gasteiger partial charge is 0.490 e. The average molecular weight is 955 g/mol. The second kappa shape index (κ2) is 29.6. The number of aliphatic carboxylic acids is 1. The first-order valence-electron chi connectivity index (χ1n) is 18.6. The molecule has 20 nitrogen and oxygen atoms in total. The number of aromatic nitrogens is 3. The van der Waals surface area contributed by atoms with Crippen LogP contribution in [-0.2, 0) is 27.5 Å². The first kappa shape index (κ1) is 53.5. The van der Waals surface area contributed by atoms with E-state index >= 15 is 0 Å². The van der Waals surface area contributed by atoms with Gasteiger partial charge in [0.05, 0.1) is 30.6 Å². The molecule has 4 heterocycles. The Morgan fingerprint density at radius 2 is 1.83 bits per heavy atom. The van der Waals surface area contributed by atoms with Crippen LogP contribution in [0.2, 0.25) is 5.15 Å². The van der Waals surface area contributed by atoms with Crippen molar-refractivity contribution >= 4 is 64.7 Å². The van der Waals surface area contributed by atoms with Crippen LogP contribution in [-0.4, -0.2) is 125 Å². The SMILES string of the molecule is CCN(CCOc1cnn(Cc2ccccc2)c(=O)c1)C(=O)O.N#CN=C1SCCN1Cc1ccc(Cl)nc1.O=C(O)CNC(=O)CC(F)=C(F)F.O=CN1CCCSC1=C[N+](=O)[O-]. The van der Waals surface area contributed by atoms with Crippen molar-refractivity contribution in [2.24, 2.45) is 4.99 Å². The van der Waals surface area contributed by atoms with Gasteiger partial charge in [-0.2, -0.15) is 19.1 Å². The molecule has 64 heavy (non-hydrogen) atoms. The third-order valence-electron chi connectivity index (χ3n) is 7.85. The van der Waals surface area contributed by atoms with Crippen LogP contribution < -0.4 is 15.6 Å². The van der Waals surface area contributed by atoms with E-state index in [-0.39, 0.29) is 18.7 Å². The number of carboxylic acids is 1. The van der Waals surface area contributed by atoms with Crippen molar-refractivity contribution in [1.82, 2.24) is 34.8 Å². The van der Waals surface area contributed by atoms with Gasteiger partial charge in [0.2, 0.25) is 18.5 Å². The van der Waals surface area contributed by atoms with E-state index < -0.39 is 47.8 Å². The fourth-order valence-electron chi connectivity index (χ4n) is 4.84. The van der Waals surface area contributed by atoms with Crippen LogP contribution in [0.25, 0.3) is 0 Å². The fraction of sp³-hybridized carbons (Fsp3) is 0.342. The van der Waals surface area contributed by atoms with E-state index in [0.717, 1.165) is 53.5 Å². The molecule has 0 aliphatic carbocycles. The highest BCUT2D eigenvalue weighted by Crippen LogP contribution is 2.25. The molecule has 344 valence electrons. The number of carboxylic acid groups (broad SMARTS) is 2. The molecule has 0 spiro atoms. The number of thioether (sulfide) groups is 2. The van der Waals surface area contributed by atoms with E-state index in [0.29, 0.717) is 42.0 Å². The molecule has 0 saturated carbocycles. The maximum absolute atomic E-state index is 12.0. The number of benzene rings is 1. The predicted octanol–water partition coefficient (Wildman–Crippen LogP) is 5.10. The minimum atomic E-state index is -2.58. The molecular formula is C38H42ClF3N10O10S2. The number of halogens is 4. The molecule has 2 fully saturated rings. The summed E-state index contributed by atoms with van der Waals surface area (Å²) < 4.78 is 41.6. The molecule has 0 radical (unpaired) electrons. The summed E-state index contributed by atoms with van der Waals surface area (Å²) in [6.07, 6.45) is 2.70. The highest BCUT2D eigenvalue weighted by Gasteiger charge is 2.20. The summed E-state index contributed by atoms with van der Waals surface area (Å²) >= 11 is 8.65. The minimum absolute atomic E-state index is 0.171. The van der Waals surface area contributed by atoms with Crippen molar-refractivity contribution in [2.45, 2.75) is 32.9 Å². The molecule has 1 aromatic carbocycles. The summed E-state index contributed by atoms with van der Waals surface area (Å²) in [6.45, 7) is 4.42. The fourth-order valence-corrected chi connectivity index (χ4v) is 6.83. The number of nitrogens with zero attached hydrogens (tertiary/aromatic N) is 9. The normalized spacial score (nSPS) is 13.9. The Balaban J connectivity index is 0.000000305. The Morgan fingerprint density at radius 1 is 1.09 bits per heavy atom. The molecule has 3 N–H and O–H groups in total. The van der Waals surface area contributed by atoms with Crippen molar-refractivity contribution < 1.29 is 52.2 Å². The first-order chi connectivity index (χ1) is 30.6. The Bertz CT molecular complexity index is 2210. The van der Waals surface area contributed by atoms with Crippen molar-refractivity contribution in [3.63, 3.8) is 0 Å². The zero-order valence-corrected chi connectivity index (χ0v) is 36.3. The van der Waals surface area contributed by atoms with Crippen molar-refractivity contribution in [2.75, 3.05) is 50.8 Å². The Kier molecular flexibility index (Phi) is 24.7. The van der Waals surface area contributed by atoms with Gasteiger partial charge in [-0.05, 0) is 30.5 Å². The maximum Gasteiger partial charge on any atom is 0.407 e. The number of hydrogen-bond acceptors (Lipinski definition) is 14. The number of nitrogens with one attached hydrogen (secondary N) is 1. The number of ether oxygens (including phenoxy) is 1. The van der Waals surface area contributed by atoms with Gasteiger partial charge in [0, 0.05) is 49.9 Å². The number of rotatable bonds is 15. The van der Waals surface area contributed by atoms with E-state index in [1.807, 2.05) is 42.6 Å². The number of likely N-dealkylation sites (N-methyl/N-ethyl adjacent to an activating group) is 1. The third-order valence-corrected chi connectivity index (χ3v) is 10.2. The smallest absolute Gasteiger partial charge is 0.407 e. The molecule has 3 aromatic rings. The van der Waals surface area contributed by atoms with Gasteiger partial charge in [0.1, 0.15) is 29.1 Å². The third kappa shape index (κ3) is 21.4.